The van der Waals surface area contributed by atoms with Crippen molar-refractivity contribution in [1.29, 1.82) is 0 Å². The SMILES string of the molecule is CC1=NN(c2ccc(F)cc2)C(=O)/C1=C/c1c(O)n(C)c(=O)[nH]c1=O. The third-order valence-electron chi connectivity index (χ3n) is 3.75. The summed E-state index contributed by atoms with van der Waals surface area (Å²) in [6, 6.07) is 5.17. The first kappa shape index (κ1) is 16.4. The van der Waals surface area contributed by atoms with Crippen LogP contribution in [-0.4, -0.2) is 26.3 Å². The molecule has 1 amide bonds. The van der Waals surface area contributed by atoms with E-state index in [0.29, 0.717) is 11.4 Å². The molecule has 2 N–H and O–H groups in total. The maximum Gasteiger partial charge on any atom is 0.330 e. The van der Waals surface area contributed by atoms with E-state index in [0.717, 1.165) is 15.7 Å². The Bertz CT molecular complexity index is 1050. The van der Waals surface area contributed by atoms with Gasteiger partial charge >= 0.3 is 5.69 Å². The Kier molecular flexibility index (Phi) is 3.84. The third kappa shape index (κ3) is 2.75. The fraction of sp³-hybridized carbons (Fsp3) is 0.125. The molecule has 1 aliphatic rings. The number of anilines is 1. The van der Waals surface area contributed by atoms with Crippen molar-refractivity contribution in [3.8, 4) is 5.88 Å². The van der Waals surface area contributed by atoms with Gasteiger partial charge in [-0.15, -0.1) is 0 Å². The number of H-pyrrole nitrogens is 1. The van der Waals surface area contributed by atoms with Gasteiger partial charge in [0.25, 0.3) is 11.5 Å². The van der Waals surface area contributed by atoms with Crippen molar-refractivity contribution in [3.05, 3.63) is 62.1 Å². The number of nitrogens with one attached hydrogen (secondary N) is 1. The number of hydrogen-bond acceptors (Lipinski definition) is 5. The van der Waals surface area contributed by atoms with Gasteiger partial charge in [0.15, 0.2) is 0 Å². The lowest BCUT2D eigenvalue weighted by atomic mass is 10.1. The number of carbonyl (C=O) groups is 1. The third-order valence-corrected chi connectivity index (χ3v) is 3.75. The Balaban J connectivity index is 2.07. The minimum Gasteiger partial charge on any atom is -0.494 e. The van der Waals surface area contributed by atoms with Gasteiger partial charge in [-0.3, -0.25) is 19.1 Å². The number of aromatic hydroxyl groups is 1. The molecule has 1 aliphatic heterocycles. The second-order valence-electron chi connectivity index (χ2n) is 5.39. The first-order valence-corrected chi connectivity index (χ1v) is 7.19. The molecule has 0 fully saturated rings. The largest absolute Gasteiger partial charge is 0.494 e. The van der Waals surface area contributed by atoms with Crippen molar-refractivity contribution in [2.24, 2.45) is 12.1 Å². The van der Waals surface area contributed by atoms with Gasteiger partial charge in [0.1, 0.15) is 11.4 Å². The number of nitrogens with zero attached hydrogens (tertiary/aromatic N) is 3. The van der Waals surface area contributed by atoms with E-state index in [-0.39, 0.29) is 11.1 Å². The van der Waals surface area contributed by atoms with E-state index in [1.165, 1.54) is 31.3 Å². The van der Waals surface area contributed by atoms with Gasteiger partial charge in [-0.25, -0.2) is 9.18 Å². The molecule has 1 aromatic carbocycles. The minimum absolute atomic E-state index is 0.0729. The number of hydrazone groups is 1. The Morgan fingerprint density at radius 3 is 2.48 bits per heavy atom. The van der Waals surface area contributed by atoms with Crippen LogP contribution < -0.4 is 16.3 Å². The summed E-state index contributed by atoms with van der Waals surface area (Å²) < 4.78 is 13.9. The topological polar surface area (TPSA) is 108 Å². The standard InChI is InChI=1S/C16H13FN4O4/c1-8-11(7-12-13(22)18-16(25)20(2)14(12)23)15(24)21(19-8)10-5-3-9(17)4-6-10/h3-7,23H,1-2H3,(H,18,22,25)/b11-7+. The second-order valence-corrected chi connectivity index (χ2v) is 5.39. The van der Waals surface area contributed by atoms with Crippen LogP contribution in [0.2, 0.25) is 0 Å². The predicted octanol–water partition coefficient (Wildman–Crippen LogP) is 0.724. The van der Waals surface area contributed by atoms with Crippen LogP contribution >= 0.6 is 0 Å². The van der Waals surface area contributed by atoms with Crippen LogP contribution in [0.5, 0.6) is 5.88 Å². The van der Waals surface area contributed by atoms with E-state index in [1.54, 1.807) is 6.92 Å². The molecule has 128 valence electrons. The van der Waals surface area contributed by atoms with Gasteiger partial charge in [-0.2, -0.15) is 10.1 Å². The molecular formula is C16H13FN4O4. The maximum absolute atomic E-state index is 13.0. The van der Waals surface area contributed by atoms with E-state index in [1.807, 2.05) is 4.98 Å². The van der Waals surface area contributed by atoms with Crippen molar-refractivity contribution >= 4 is 23.4 Å². The zero-order valence-electron chi connectivity index (χ0n) is 13.3. The highest BCUT2D eigenvalue weighted by molar-refractivity contribution is 6.32. The fourth-order valence-electron chi connectivity index (χ4n) is 2.34. The highest BCUT2D eigenvalue weighted by atomic mass is 19.1. The number of carbonyl (C=O) groups excluding carboxylic acids is 1. The van der Waals surface area contributed by atoms with Crippen LogP contribution in [0.25, 0.3) is 6.08 Å². The van der Waals surface area contributed by atoms with Gasteiger partial charge in [-0.1, -0.05) is 0 Å². The fourth-order valence-corrected chi connectivity index (χ4v) is 2.34. The molecule has 0 atom stereocenters. The number of halogens is 1. The highest BCUT2D eigenvalue weighted by Gasteiger charge is 2.29. The minimum atomic E-state index is -0.825. The van der Waals surface area contributed by atoms with Gasteiger partial charge in [0.2, 0.25) is 5.88 Å². The Morgan fingerprint density at radius 2 is 1.84 bits per heavy atom. The van der Waals surface area contributed by atoms with Crippen LogP contribution in [0.1, 0.15) is 12.5 Å². The molecule has 25 heavy (non-hydrogen) atoms. The quantitative estimate of drug-likeness (QED) is 0.783. The summed E-state index contributed by atoms with van der Waals surface area (Å²) in [5.74, 6) is -1.56. The summed E-state index contributed by atoms with van der Waals surface area (Å²) in [4.78, 5) is 38.0. The first-order chi connectivity index (χ1) is 11.8. The average molecular weight is 344 g/mol. The zero-order chi connectivity index (χ0) is 18.3. The number of hydrogen-bond donors (Lipinski definition) is 2. The van der Waals surface area contributed by atoms with E-state index in [2.05, 4.69) is 5.10 Å². The molecular weight excluding hydrogens is 331 g/mol. The lowest BCUT2D eigenvalue weighted by Gasteiger charge is -2.11. The van der Waals surface area contributed by atoms with Crippen LogP contribution in [0.4, 0.5) is 10.1 Å². The predicted molar refractivity (Wildman–Crippen MR) is 88.9 cm³/mol. The molecule has 2 aromatic rings. The van der Waals surface area contributed by atoms with Crippen molar-refractivity contribution < 1.29 is 14.3 Å². The monoisotopic (exact) mass is 344 g/mol. The summed E-state index contributed by atoms with van der Waals surface area (Å²) in [7, 11) is 1.28. The van der Waals surface area contributed by atoms with E-state index < -0.39 is 28.9 Å². The normalized spacial score (nSPS) is 15.8. The van der Waals surface area contributed by atoms with Gasteiger partial charge in [0.05, 0.1) is 17.0 Å². The Labute approximate surface area is 140 Å². The smallest absolute Gasteiger partial charge is 0.330 e. The van der Waals surface area contributed by atoms with Gasteiger partial charge in [0, 0.05) is 7.05 Å². The van der Waals surface area contributed by atoms with E-state index in [4.69, 9.17) is 0 Å². The molecule has 9 heteroatoms. The van der Waals surface area contributed by atoms with Crippen LogP contribution in [-0.2, 0) is 11.8 Å². The molecule has 1 aromatic heterocycles. The zero-order valence-corrected chi connectivity index (χ0v) is 13.3. The number of amides is 1. The van der Waals surface area contributed by atoms with Gasteiger partial charge < -0.3 is 5.11 Å². The summed E-state index contributed by atoms with van der Waals surface area (Å²) in [6.07, 6.45) is 1.16. The molecule has 0 bridgehead atoms. The van der Waals surface area contributed by atoms with Crippen LogP contribution in [0.15, 0.2) is 44.5 Å². The Morgan fingerprint density at radius 1 is 1.20 bits per heavy atom. The van der Waals surface area contributed by atoms with Crippen LogP contribution in [0.3, 0.4) is 0 Å². The maximum atomic E-state index is 13.0. The molecule has 8 nitrogen and oxygen atoms in total. The van der Waals surface area contributed by atoms with Crippen molar-refractivity contribution in [3.63, 3.8) is 0 Å². The van der Waals surface area contributed by atoms with E-state index in [9.17, 15) is 23.9 Å². The summed E-state index contributed by atoms with van der Waals surface area (Å²) in [6.45, 7) is 1.56. The Hall–Kier alpha value is -3.49. The van der Waals surface area contributed by atoms with Crippen molar-refractivity contribution in [2.45, 2.75) is 6.92 Å². The first-order valence-electron chi connectivity index (χ1n) is 7.19. The molecule has 0 aliphatic carbocycles. The number of aromatic amines is 1. The number of aromatic nitrogens is 2. The second kappa shape index (κ2) is 5.86. The molecule has 0 unspecified atom stereocenters. The lowest BCUT2D eigenvalue weighted by molar-refractivity contribution is -0.114. The number of benzene rings is 1. The molecule has 0 spiro atoms. The van der Waals surface area contributed by atoms with Crippen molar-refractivity contribution in [1.82, 2.24) is 9.55 Å². The molecule has 0 saturated heterocycles. The average Bonchev–Trinajstić information content (AvgIpc) is 2.85. The molecule has 0 saturated carbocycles. The lowest BCUT2D eigenvalue weighted by Crippen LogP contribution is -2.30. The van der Waals surface area contributed by atoms with Gasteiger partial charge in [-0.05, 0) is 37.3 Å². The number of rotatable bonds is 2. The van der Waals surface area contributed by atoms with E-state index >= 15 is 0 Å². The molecule has 3 rings (SSSR count). The van der Waals surface area contributed by atoms with Crippen molar-refractivity contribution in [2.75, 3.05) is 5.01 Å². The summed E-state index contributed by atoms with van der Waals surface area (Å²) in [5.41, 5.74) is -1.10. The molecule has 2 heterocycles. The highest BCUT2D eigenvalue weighted by Crippen LogP contribution is 2.25. The summed E-state index contributed by atoms with van der Waals surface area (Å²) >= 11 is 0. The van der Waals surface area contributed by atoms with Crippen LogP contribution in [0, 0.1) is 5.82 Å². The summed E-state index contributed by atoms with van der Waals surface area (Å²) in [5, 5.41) is 15.2. The molecule has 0 radical (unpaired) electrons.